The molecule has 4 aromatic heterocycles. The van der Waals surface area contributed by atoms with Crippen LogP contribution in [0.4, 0.5) is 0 Å². The highest BCUT2D eigenvalue weighted by Gasteiger charge is 2.21. The van der Waals surface area contributed by atoms with Crippen molar-refractivity contribution in [1.29, 1.82) is 0 Å². The van der Waals surface area contributed by atoms with Crippen molar-refractivity contribution in [2.45, 2.75) is 0 Å². The Labute approximate surface area is 291 Å². The molecular formula is C45H27N5O. The fourth-order valence-electron chi connectivity index (χ4n) is 7.68. The maximum atomic E-state index is 6.15. The maximum absolute atomic E-state index is 6.15. The van der Waals surface area contributed by atoms with E-state index in [1.54, 1.807) is 0 Å². The fourth-order valence-corrected chi connectivity index (χ4v) is 7.68. The standard InChI is InChI=1S/C45H27N5O/c1-3-13-28(14-4-1)43-46-44(29-23-24-42-36(25-29)33-19-9-12-22-41(33)51-42)48-45(47-43)50-38-21-11-8-18-32(38)35-26-34-31-17-7-10-20-37(31)49(39(34)27-40(35)50)30-15-5-2-6-16-30/h1-27H. The van der Waals surface area contributed by atoms with Crippen molar-refractivity contribution >= 4 is 65.6 Å². The highest BCUT2D eigenvalue weighted by atomic mass is 16.3. The number of rotatable bonds is 4. The van der Waals surface area contributed by atoms with E-state index in [4.69, 9.17) is 19.4 Å². The Morgan fingerprint density at radius 2 is 0.922 bits per heavy atom. The summed E-state index contributed by atoms with van der Waals surface area (Å²) in [5.41, 5.74) is 8.95. The van der Waals surface area contributed by atoms with Crippen molar-refractivity contribution in [3.63, 3.8) is 0 Å². The molecule has 0 aliphatic heterocycles. The summed E-state index contributed by atoms with van der Waals surface area (Å²) in [6, 6.07) is 56.8. The fraction of sp³-hybridized carbons (Fsp3) is 0. The van der Waals surface area contributed by atoms with Crippen molar-refractivity contribution in [3.05, 3.63) is 164 Å². The van der Waals surface area contributed by atoms with Crippen LogP contribution in [0.5, 0.6) is 0 Å². The SMILES string of the molecule is c1ccc(-c2nc(-c3ccc4oc5ccccc5c4c3)nc(-n3c4ccccc4c4cc5c6ccccc6n(-c6ccccc6)c5cc43)n2)cc1. The second-order valence-corrected chi connectivity index (χ2v) is 12.9. The van der Waals surface area contributed by atoms with Gasteiger partial charge in [0.15, 0.2) is 11.6 Å². The Kier molecular flexibility index (Phi) is 5.86. The molecule has 0 saturated carbocycles. The van der Waals surface area contributed by atoms with E-state index in [1.807, 2.05) is 60.7 Å². The molecule has 7 aromatic carbocycles. The van der Waals surface area contributed by atoms with Crippen LogP contribution in [0.25, 0.3) is 100.0 Å². The molecule has 0 amide bonds. The van der Waals surface area contributed by atoms with Crippen LogP contribution in [0.2, 0.25) is 0 Å². The summed E-state index contributed by atoms with van der Waals surface area (Å²) < 4.78 is 10.7. The predicted octanol–water partition coefficient (Wildman–Crippen LogP) is 11.3. The lowest BCUT2D eigenvalue weighted by Gasteiger charge is -2.11. The van der Waals surface area contributed by atoms with Gasteiger partial charge in [0.1, 0.15) is 11.2 Å². The van der Waals surface area contributed by atoms with E-state index >= 15 is 0 Å². The Morgan fingerprint density at radius 3 is 1.67 bits per heavy atom. The summed E-state index contributed by atoms with van der Waals surface area (Å²) in [4.78, 5) is 15.5. The summed E-state index contributed by atoms with van der Waals surface area (Å²) >= 11 is 0. The molecule has 6 nitrogen and oxygen atoms in total. The van der Waals surface area contributed by atoms with Crippen molar-refractivity contribution in [1.82, 2.24) is 24.1 Å². The Bertz CT molecular complexity index is 3140. The summed E-state index contributed by atoms with van der Waals surface area (Å²) in [5.74, 6) is 1.76. The van der Waals surface area contributed by atoms with E-state index in [0.717, 1.165) is 71.6 Å². The van der Waals surface area contributed by atoms with E-state index in [0.29, 0.717) is 17.6 Å². The summed E-state index contributed by atoms with van der Waals surface area (Å²) in [5, 5.41) is 6.79. The monoisotopic (exact) mass is 653 g/mol. The summed E-state index contributed by atoms with van der Waals surface area (Å²) in [6.07, 6.45) is 0. The number of aromatic nitrogens is 5. The third kappa shape index (κ3) is 4.20. The minimum absolute atomic E-state index is 0.559. The molecule has 0 unspecified atom stereocenters. The third-order valence-corrected chi connectivity index (χ3v) is 9.97. The van der Waals surface area contributed by atoms with Gasteiger partial charge in [-0.3, -0.25) is 4.57 Å². The molecule has 11 rings (SSSR count). The van der Waals surface area contributed by atoms with Crippen LogP contribution < -0.4 is 0 Å². The third-order valence-electron chi connectivity index (χ3n) is 9.97. The van der Waals surface area contributed by atoms with Gasteiger partial charge in [-0.05, 0) is 60.7 Å². The number of nitrogens with zero attached hydrogens (tertiary/aromatic N) is 5. The average molecular weight is 654 g/mol. The number of fused-ring (bicyclic) bond motifs is 9. The Hall–Kier alpha value is -7.05. The molecule has 0 atom stereocenters. The molecule has 4 heterocycles. The van der Waals surface area contributed by atoms with Crippen molar-refractivity contribution in [3.8, 4) is 34.4 Å². The van der Waals surface area contributed by atoms with Gasteiger partial charge in [0.05, 0.1) is 22.1 Å². The first-order valence-electron chi connectivity index (χ1n) is 17.0. The number of furan rings is 1. The van der Waals surface area contributed by atoms with Crippen LogP contribution in [0.1, 0.15) is 0 Å². The van der Waals surface area contributed by atoms with Gasteiger partial charge < -0.3 is 8.98 Å². The molecule has 51 heavy (non-hydrogen) atoms. The van der Waals surface area contributed by atoms with Crippen LogP contribution in [-0.4, -0.2) is 24.1 Å². The van der Waals surface area contributed by atoms with Gasteiger partial charge in [-0.25, -0.2) is 4.98 Å². The molecule has 11 aromatic rings. The van der Waals surface area contributed by atoms with Crippen LogP contribution >= 0.6 is 0 Å². The molecule has 0 N–H and O–H groups in total. The lowest BCUT2D eigenvalue weighted by Crippen LogP contribution is -2.06. The second-order valence-electron chi connectivity index (χ2n) is 12.9. The van der Waals surface area contributed by atoms with E-state index in [-0.39, 0.29) is 0 Å². The smallest absolute Gasteiger partial charge is 0.238 e. The maximum Gasteiger partial charge on any atom is 0.238 e. The lowest BCUT2D eigenvalue weighted by molar-refractivity contribution is 0.669. The molecule has 0 fully saturated rings. The van der Waals surface area contributed by atoms with Crippen LogP contribution in [0.15, 0.2) is 168 Å². The highest BCUT2D eigenvalue weighted by Crippen LogP contribution is 2.40. The van der Waals surface area contributed by atoms with Gasteiger partial charge >= 0.3 is 0 Å². The first-order valence-corrected chi connectivity index (χ1v) is 17.0. The van der Waals surface area contributed by atoms with Gasteiger partial charge in [0.25, 0.3) is 0 Å². The number of para-hydroxylation sites is 4. The number of benzene rings is 7. The van der Waals surface area contributed by atoms with Gasteiger partial charge in [-0.2, -0.15) is 9.97 Å². The molecule has 0 spiro atoms. The Balaban J connectivity index is 1.23. The van der Waals surface area contributed by atoms with Gasteiger partial charge in [0, 0.05) is 49.1 Å². The summed E-state index contributed by atoms with van der Waals surface area (Å²) in [7, 11) is 0. The van der Waals surface area contributed by atoms with E-state index in [9.17, 15) is 0 Å². The zero-order chi connectivity index (χ0) is 33.5. The van der Waals surface area contributed by atoms with Crippen LogP contribution in [-0.2, 0) is 0 Å². The van der Waals surface area contributed by atoms with Crippen LogP contribution in [0, 0.1) is 0 Å². The number of hydrogen-bond donors (Lipinski definition) is 0. The first-order chi connectivity index (χ1) is 25.3. The Morgan fingerprint density at radius 1 is 0.353 bits per heavy atom. The molecule has 0 aliphatic rings. The molecule has 0 bridgehead atoms. The van der Waals surface area contributed by atoms with E-state index < -0.39 is 0 Å². The molecule has 238 valence electrons. The summed E-state index contributed by atoms with van der Waals surface area (Å²) in [6.45, 7) is 0. The molecule has 0 aliphatic carbocycles. The molecule has 6 heteroatoms. The zero-order valence-corrected chi connectivity index (χ0v) is 27.2. The van der Waals surface area contributed by atoms with Gasteiger partial charge in [-0.1, -0.05) is 103 Å². The largest absolute Gasteiger partial charge is 0.456 e. The molecule has 0 radical (unpaired) electrons. The predicted molar refractivity (Wildman–Crippen MR) is 207 cm³/mol. The highest BCUT2D eigenvalue weighted by molar-refractivity contribution is 6.19. The quantitative estimate of drug-likeness (QED) is 0.190. The minimum Gasteiger partial charge on any atom is -0.456 e. The van der Waals surface area contributed by atoms with Crippen molar-refractivity contribution in [2.24, 2.45) is 0 Å². The first kappa shape index (κ1) is 27.9. The molecule has 0 saturated heterocycles. The topological polar surface area (TPSA) is 61.7 Å². The molecular weight excluding hydrogens is 627 g/mol. The van der Waals surface area contributed by atoms with Gasteiger partial charge in [0.2, 0.25) is 5.95 Å². The van der Waals surface area contributed by atoms with Gasteiger partial charge in [-0.15, -0.1) is 0 Å². The van der Waals surface area contributed by atoms with Crippen molar-refractivity contribution in [2.75, 3.05) is 0 Å². The van der Waals surface area contributed by atoms with Crippen molar-refractivity contribution < 1.29 is 4.42 Å². The second kappa shape index (κ2) is 10.7. The average Bonchev–Trinajstić information content (AvgIpc) is 3.84. The number of hydrogen-bond acceptors (Lipinski definition) is 4. The minimum atomic E-state index is 0.559. The van der Waals surface area contributed by atoms with E-state index in [2.05, 4.69) is 112 Å². The normalized spacial score (nSPS) is 11.9. The lowest BCUT2D eigenvalue weighted by atomic mass is 10.1. The van der Waals surface area contributed by atoms with Crippen LogP contribution in [0.3, 0.4) is 0 Å². The van der Waals surface area contributed by atoms with E-state index in [1.165, 1.54) is 10.8 Å². The zero-order valence-electron chi connectivity index (χ0n) is 27.2.